The summed E-state index contributed by atoms with van der Waals surface area (Å²) in [6.45, 7) is 9.24. The molecule has 7 heteroatoms. The number of aliphatic hydroxyl groups is 2. The summed E-state index contributed by atoms with van der Waals surface area (Å²) >= 11 is 0. The van der Waals surface area contributed by atoms with Crippen LogP contribution in [0.2, 0.25) is 0 Å². The standard InChI is InChI=1S/C28H46N4O3/c1-15-4-7-25-28(3,35)21-6-5-17-18(20(21)14-32(25)13-15)11-22-19(17)12-24(30-31-26(29)34)23-10-16(33)8-9-27(22,23)2/h15-23,25,33,35H,4-14H2,1-3H3,(H3,29,31,34)/b30-24-/t15-,16+,17-,18-,19-,20+,21+,22+,23-,25+,27-,28+/m1/s1. The van der Waals surface area contributed by atoms with E-state index in [-0.39, 0.29) is 17.4 Å². The Bertz CT molecular complexity index is 891. The molecule has 2 heterocycles. The van der Waals surface area contributed by atoms with Crippen LogP contribution in [0, 0.1) is 52.8 Å². The highest BCUT2D eigenvalue weighted by molar-refractivity contribution is 5.90. The number of carbonyl (C=O) groups excluding carboxylic acids is 1. The smallest absolute Gasteiger partial charge is 0.332 e. The lowest BCUT2D eigenvalue weighted by Crippen LogP contribution is -2.67. The van der Waals surface area contributed by atoms with Gasteiger partial charge in [-0.2, -0.15) is 5.10 Å². The van der Waals surface area contributed by atoms with Crippen LogP contribution in [0.1, 0.15) is 78.6 Å². The van der Waals surface area contributed by atoms with Crippen molar-refractivity contribution in [3.05, 3.63) is 0 Å². The van der Waals surface area contributed by atoms with Crippen molar-refractivity contribution in [2.24, 2.45) is 63.6 Å². The van der Waals surface area contributed by atoms with Crippen molar-refractivity contribution in [2.45, 2.75) is 96.3 Å². The molecule has 5 N–H and O–H groups in total. The third-order valence-electron chi connectivity index (χ3n) is 12.1. The van der Waals surface area contributed by atoms with Gasteiger partial charge in [0.2, 0.25) is 0 Å². The van der Waals surface area contributed by atoms with Gasteiger partial charge in [-0.15, -0.1) is 0 Å². The molecular formula is C28H46N4O3. The van der Waals surface area contributed by atoms with Gasteiger partial charge in [0.15, 0.2) is 0 Å². The molecule has 0 spiro atoms. The third-order valence-corrected chi connectivity index (χ3v) is 12.1. The average Bonchev–Trinajstić information content (AvgIpc) is 3.18. The first kappa shape index (κ1) is 24.2. The molecule has 0 unspecified atom stereocenters. The van der Waals surface area contributed by atoms with Crippen molar-refractivity contribution < 1.29 is 15.0 Å². The van der Waals surface area contributed by atoms with Crippen LogP contribution in [0.25, 0.3) is 0 Å². The lowest BCUT2D eigenvalue weighted by Gasteiger charge is -2.59. The number of carbonyl (C=O) groups is 1. The Morgan fingerprint density at radius 2 is 1.83 bits per heavy atom. The second-order valence-corrected chi connectivity index (χ2v) is 13.8. The van der Waals surface area contributed by atoms with E-state index >= 15 is 0 Å². The highest BCUT2D eigenvalue weighted by Crippen LogP contribution is 2.66. The Morgan fingerprint density at radius 1 is 1.03 bits per heavy atom. The number of nitrogens with two attached hydrogens (primary N) is 1. The van der Waals surface area contributed by atoms with Crippen molar-refractivity contribution in [1.82, 2.24) is 10.3 Å². The molecule has 35 heavy (non-hydrogen) atoms. The minimum atomic E-state index is -0.614. The maximum atomic E-state index is 11.9. The van der Waals surface area contributed by atoms with E-state index in [1.807, 2.05) is 0 Å². The van der Waals surface area contributed by atoms with Gasteiger partial charge in [-0.1, -0.05) is 13.8 Å². The van der Waals surface area contributed by atoms with Crippen molar-refractivity contribution in [1.29, 1.82) is 0 Å². The zero-order valence-electron chi connectivity index (χ0n) is 21.8. The molecule has 6 fully saturated rings. The van der Waals surface area contributed by atoms with Crippen molar-refractivity contribution in [2.75, 3.05) is 13.1 Å². The van der Waals surface area contributed by atoms with E-state index in [1.54, 1.807) is 0 Å². The molecule has 2 aliphatic heterocycles. The molecule has 4 saturated carbocycles. The highest BCUT2D eigenvalue weighted by atomic mass is 16.3. The molecule has 4 aliphatic carbocycles. The Hall–Kier alpha value is -1.18. The number of hydrogen-bond donors (Lipinski definition) is 4. The van der Waals surface area contributed by atoms with Gasteiger partial charge in [-0.05, 0) is 112 Å². The second-order valence-electron chi connectivity index (χ2n) is 13.8. The summed E-state index contributed by atoms with van der Waals surface area (Å²) < 4.78 is 0. The fraction of sp³-hybridized carbons (Fsp3) is 0.929. The first-order valence-electron chi connectivity index (χ1n) is 14.4. The minimum Gasteiger partial charge on any atom is -0.393 e. The SMILES string of the molecule is C[C@@H]1CC[C@@H]2N(C1)C[C@H]1[C@@H]3C[C@H]4[C@H](C/C(=N/NC(N)=O)[C@H]5C[C@@H](O)CC[C@@]54C)[C@@H]3CC[C@@H]1[C@]2(C)O. The van der Waals surface area contributed by atoms with Crippen LogP contribution < -0.4 is 11.2 Å². The molecule has 0 radical (unpaired) electrons. The van der Waals surface area contributed by atoms with E-state index in [0.717, 1.165) is 57.3 Å². The molecule has 2 saturated heterocycles. The van der Waals surface area contributed by atoms with Crippen LogP contribution in [0.5, 0.6) is 0 Å². The number of amides is 2. The van der Waals surface area contributed by atoms with Crippen LogP contribution in [-0.2, 0) is 0 Å². The number of hydrazone groups is 1. The molecular weight excluding hydrogens is 440 g/mol. The van der Waals surface area contributed by atoms with Gasteiger partial charge in [-0.25, -0.2) is 10.2 Å². The van der Waals surface area contributed by atoms with E-state index in [0.29, 0.717) is 47.5 Å². The van der Waals surface area contributed by atoms with E-state index < -0.39 is 11.6 Å². The molecule has 6 rings (SSSR count). The van der Waals surface area contributed by atoms with Crippen LogP contribution in [-0.4, -0.2) is 57.7 Å². The quantitative estimate of drug-likeness (QED) is 0.426. The molecule has 0 aromatic rings. The molecule has 0 aromatic heterocycles. The first-order valence-corrected chi connectivity index (χ1v) is 14.4. The zero-order valence-corrected chi connectivity index (χ0v) is 21.8. The molecule has 0 aromatic carbocycles. The van der Waals surface area contributed by atoms with E-state index in [1.165, 1.54) is 19.3 Å². The Morgan fingerprint density at radius 3 is 2.60 bits per heavy atom. The molecule has 0 bridgehead atoms. The largest absolute Gasteiger partial charge is 0.393 e. The lowest BCUT2D eigenvalue weighted by atomic mass is 9.51. The van der Waals surface area contributed by atoms with Gasteiger partial charge >= 0.3 is 6.03 Å². The molecule has 196 valence electrons. The number of aliphatic hydroxyl groups excluding tert-OH is 1. The molecule has 12 atom stereocenters. The minimum absolute atomic E-state index is 0.104. The van der Waals surface area contributed by atoms with Gasteiger partial charge in [-0.3, -0.25) is 4.90 Å². The molecule has 6 aliphatic rings. The molecule has 7 nitrogen and oxygen atoms in total. The number of piperidine rings is 2. The van der Waals surface area contributed by atoms with Crippen LogP contribution >= 0.6 is 0 Å². The summed E-state index contributed by atoms with van der Waals surface area (Å²) in [5.41, 5.74) is 8.47. The van der Waals surface area contributed by atoms with Crippen molar-refractivity contribution in [3.63, 3.8) is 0 Å². The zero-order chi connectivity index (χ0) is 24.7. The lowest BCUT2D eigenvalue weighted by molar-refractivity contribution is -0.175. The van der Waals surface area contributed by atoms with Crippen molar-refractivity contribution >= 4 is 11.7 Å². The highest BCUT2D eigenvalue weighted by Gasteiger charge is 2.64. The van der Waals surface area contributed by atoms with Crippen LogP contribution in [0.3, 0.4) is 0 Å². The summed E-state index contributed by atoms with van der Waals surface area (Å²) in [6.07, 6.45) is 9.19. The fourth-order valence-corrected chi connectivity index (χ4v) is 10.6. The summed E-state index contributed by atoms with van der Waals surface area (Å²) in [5, 5.41) is 27.0. The summed E-state index contributed by atoms with van der Waals surface area (Å²) in [7, 11) is 0. The van der Waals surface area contributed by atoms with Gasteiger partial charge in [0.05, 0.1) is 11.7 Å². The average molecular weight is 487 g/mol. The third kappa shape index (κ3) is 3.70. The monoisotopic (exact) mass is 486 g/mol. The van der Waals surface area contributed by atoms with Gasteiger partial charge in [0.1, 0.15) is 0 Å². The van der Waals surface area contributed by atoms with E-state index in [4.69, 9.17) is 5.73 Å². The normalized spacial score (nSPS) is 54.7. The van der Waals surface area contributed by atoms with Crippen molar-refractivity contribution in [3.8, 4) is 0 Å². The number of hydrogen-bond acceptors (Lipinski definition) is 5. The predicted molar refractivity (Wildman–Crippen MR) is 135 cm³/mol. The number of rotatable bonds is 1. The topological polar surface area (TPSA) is 111 Å². The number of fused-ring (bicyclic) bond motifs is 8. The predicted octanol–water partition coefficient (Wildman–Crippen LogP) is 3.34. The number of nitrogens with zero attached hydrogens (tertiary/aromatic N) is 2. The number of urea groups is 1. The number of primary amides is 1. The maximum absolute atomic E-state index is 11.9. The van der Waals surface area contributed by atoms with E-state index in [2.05, 4.69) is 36.2 Å². The summed E-state index contributed by atoms with van der Waals surface area (Å²) in [4.78, 5) is 14.1. The Balaban J connectivity index is 1.32. The summed E-state index contributed by atoms with van der Waals surface area (Å²) in [6, 6.07) is -0.294. The second kappa shape index (κ2) is 8.42. The Kier molecular flexibility index (Phi) is 5.82. The Labute approximate surface area is 210 Å². The van der Waals surface area contributed by atoms with Crippen LogP contribution in [0.15, 0.2) is 5.10 Å². The summed E-state index contributed by atoms with van der Waals surface area (Å²) in [5.74, 6) is 4.42. The maximum Gasteiger partial charge on any atom is 0.332 e. The first-order chi connectivity index (χ1) is 16.6. The molecule has 2 amide bonds. The number of nitrogens with one attached hydrogen (secondary N) is 1. The fourth-order valence-electron chi connectivity index (χ4n) is 10.6. The van der Waals surface area contributed by atoms with E-state index in [9.17, 15) is 15.0 Å². The van der Waals surface area contributed by atoms with Crippen LogP contribution in [0.4, 0.5) is 4.79 Å². The van der Waals surface area contributed by atoms with Gasteiger partial charge in [0, 0.05) is 30.8 Å². The van der Waals surface area contributed by atoms with Gasteiger partial charge in [0.25, 0.3) is 0 Å². The van der Waals surface area contributed by atoms with Gasteiger partial charge < -0.3 is 15.9 Å².